The maximum atomic E-state index is 13.6. The number of H-pyrrole nitrogens is 1. The predicted octanol–water partition coefficient (Wildman–Crippen LogP) is 4.52. The molecule has 0 saturated heterocycles. The quantitative estimate of drug-likeness (QED) is 0.557. The average Bonchev–Trinajstić information content (AvgIpc) is 2.91. The molecule has 0 spiro atoms. The van der Waals surface area contributed by atoms with E-state index in [0.29, 0.717) is 5.56 Å². The third-order valence-electron chi connectivity index (χ3n) is 3.97. The lowest BCUT2D eigenvalue weighted by Crippen LogP contribution is -2.21. The lowest BCUT2D eigenvalue weighted by molar-refractivity contribution is -0.384. The molecule has 124 valence electrons. The second-order valence-electron chi connectivity index (χ2n) is 5.77. The van der Waals surface area contributed by atoms with Crippen LogP contribution in [0, 0.1) is 15.9 Å². The van der Waals surface area contributed by atoms with Crippen LogP contribution in [0.4, 0.5) is 10.1 Å². The topological polar surface area (TPSA) is 62.2 Å². The highest BCUT2D eigenvalue weighted by Crippen LogP contribution is 2.36. The zero-order chi connectivity index (χ0) is 17.4. The number of rotatable bonds is 4. The van der Waals surface area contributed by atoms with Crippen molar-refractivity contribution in [1.29, 1.82) is 0 Å². The van der Waals surface area contributed by atoms with Gasteiger partial charge in [0, 0.05) is 23.2 Å². The van der Waals surface area contributed by atoms with Crippen LogP contribution in [-0.2, 0) is 0 Å². The fourth-order valence-corrected chi connectivity index (χ4v) is 3.12. The first-order valence-electron chi connectivity index (χ1n) is 7.25. The second-order valence-corrected chi connectivity index (χ2v) is 6.18. The van der Waals surface area contributed by atoms with Crippen LogP contribution < -0.4 is 0 Å². The molecule has 24 heavy (non-hydrogen) atoms. The fraction of sp³-hybridized carbons (Fsp3) is 0.176. The molecule has 0 bridgehead atoms. The third kappa shape index (κ3) is 2.86. The number of hydrogen-bond acceptors (Lipinski definition) is 3. The molecule has 0 aliphatic heterocycles. The van der Waals surface area contributed by atoms with Crippen LogP contribution in [0.2, 0.25) is 5.02 Å². The number of hydrogen-bond donors (Lipinski definition) is 1. The molecular weight excluding hydrogens is 333 g/mol. The Morgan fingerprint density at radius 3 is 2.67 bits per heavy atom. The van der Waals surface area contributed by atoms with Gasteiger partial charge in [-0.25, -0.2) is 4.39 Å². The van der Waals surface area contributed by atoms with Gasteiger partial charge >= 0.3 is 0 Å². The zero-order valence-corrected chi connectivity index (χ0v) is 13.8. The van der Waals surface area contributed by atoms with Crippen molar-refractivity contribution in [3.05, 3.63) is 74.7 Å². The minimum Gasteiger partial charge on any atom is -0.361 e. The van der Waals surface area contributed by atoms with Crippen LogP contribution in [0.25, 0.3) is 10.9 Å². The van der Waals surface area contributed by atoms with Crippen LogP contribution in [0.1, 0.15) is 17.2 Å². The van der Waals surface area contributed by atoms with Crippen molar-refractivity contribution in [3.8, 4) is 0 Å². The molecule has 1 atom stereocenters. The lowest BCUT2D eigenvalue weighted by Gasteiger charge is -2.24. The standard InChI is InChI=1S/C17H15ClFN3O2/c1-21(2)17(10-3-5-14(18)16(7-10)22(23)24)13-9-20-15-6-4-11(19)8-12(13)15/h3-9,17,20H,1-2H3. The fourth-order valence-electron chi connectivity index (χ4n) is 2.94. The molecule has 0 amide bonds. The Bertz CT molecular complexity index is 923. The van der Waals surface area contributed by atoms with Gasteiger partial charge in [-0.1, -0.05) is 17.7 Å². The van der Waals surface area contributed by atoms with E-state index in [4.69, 9.17) is 11.6 Å². The van der Waals surface area contributed by atoms with Crippen molar-refractivity contribution >= 4 is 28.2 Å². The van der Waals surface area contributed by atoms with E-state index in [0.717, 1.165) is 16.5 Å². The van der Waals surface area contributed by atoms with E-state index in [1.54, 1.807) is 18.3 Å². The highest BCUT2D eigenvalue weighted by atomic mass is 35.5. The summed E-state index contributed by atoms with van der Waals surface area (Å²) in [6.45, 7) is 0. The summed E-state index contributed by atoms with van der Waals surface area (Å²) in [4.78, 5) is 15.7. The molecule has 3 aromatic rings. The number of nitrogens with zero attached hydrogens (tertiary/aromatic N) is 2. The van der Waals surface area contributed by atoms with Crippen molar-refractivity contribution in [3.63, 3.8) is 0 Å². The Balaban J connectivity index is 2.18. The van der Waals surface area contributed by atoms with Gasteiger partial charge in [0.1, 0.15) is 10.8 Å². The number of halogens is 2. The molecule has 0 aliphatic carbocycles. The lowest BCUT2D eigenvalue weighted by atomic mass is 9.97. The largest absolute Gasteiger partial charge is 0.361 e. The van der Waals surface area contributed by atoms with Crippen molar-refractivity contribution in [1.82, 2.24) is 9.88 Å². The van der Waals surface area contributed by atoms with Gasteiger partial charge < -0.3 is 4.98 Å². The van der Waals surface area contributed by atoms with E-state index < -0.39 is 4.92 Å². The van der Waals surface area contributed by atoms with E-state index in [2.05, 4.69) is 4.98 Å². The SMILES string of the molecule is CN(C)C(c1ccc(Cl)c([N+](=O)[O-])c1)c1c[nH]c2ccc(F)cc12. The molecule has 1 N–H and O–H groups in total. The average molecular weight is 348 g/mol. The third-order valence-corrected chi connectivity index (χ3v) is 4.29. The van der Waals surface area contributed by atoms with Crippen LogP contribution in [0.3, 0.4) is 0 Å². The molecule has 0 fully saturated rings. The van der Waals surface area contributed by atoms with E-state index in [9.17, 15) is 14.5 Å². The van der Waals surface area contributed by atoms with Gasteiger partial charge in [0.15, 0.2) is 0 Å². The van der Waals surface area contributed by atoms with Gasteiger partial charge in [-0.2, -0.15) is 0 Å². The highest BCUT2D eigenvalue weighted by molar-refractivity contribution is 6.32. The summed E-state index contributed by atoms with van der Waals surface area (Å²) in [6, 6.07) is 8.97. The first kappa shape index (κ1) is 16.4. The molecule has 2 aromatic carbocycles. The zero-order valence-electron chi connectivity index (χ0n) is 13.1. The molecule has 3 rings (SSSR count). The Kier molecular flexibility index (Phi) is 4.26. The molecule has 1 heterocycles. The van der Waals surface area contributed by atoms with Crippen LogP contribution >= 0.6 is 11.6 Å². The molecule has 1 unspecified atom stereocenters. The molecule has 0 aliphatic rings. The van der Waals surface area contributed by atoms with Gasteiger partial charge in [-0.15, -0.1) is 0 Å². The smallest absolute Gasteiger partial charge is 0.288 e. The molecule has 0 saturated carbocycles. The van der Waals surface area contributed by atoms with Crippen molar-refractivity contribution in [2.75, 3.05) is 14.1 Å². The first-order valence-corrected chi connectivity index (χ1v) is 7.63. The second kappa shape index (κ2) is 6.22. The van der Waals surface area contributed by atoms with E-state index in [1.165, 1.54) is 24.3 Å². The summed E-state index contributed by atoms with van der Waals surface area (Å²) in [6.07, 6.45) is 1.80. The number of nitro benzene ring substituents is 1. The number of nitrogens with one attached hydrogen (secondary N) is 1. The molecule has 7 heteroatoms. The Morgan fingerprint density at radius 1 is 1.25 bits per heavy atom. The van der Waals surface area contributed by atoms with Crippen LogP contribution in [0.15, 0.2) is 42.6 Å². The summed E-state index contributed by atoms with van der Waals surface area (Å²) >= 11 is 5.91. The van der Waals surface area contributed by atoms with Gasteiger partial charge in [-0.05, 0) is 49.5 Å². The van der Waals surface area contributed by atoms with E-state index in [-0.39, 0.29) is 22.6 Å². The molecule has 0 radical (unpaired) electrons. The van der Waals surface area contributed by atoms with Gasteiger partial charge in [0.25, 0.3) is 5.69 Å². The van der Waals surface area contributed by atoms with E-state index in [1.807, 2.05) is 19.0 Å². The van der Waals surface area contributed by atoms with Crippen molar-refractivity contribution in [2.45, 2.75) is 6.04 Å². The number of aromatic nitrogens is 1. The minimum atomic E-state index is -0.507. The normalized spacial score (nSPS) is 12.7. The van der Waals surface area contributed by atoms with E-state index >= 15 is 0 Å². The number of fused-ring (bicyclic) bond motifs is 1. The summed E-state index contributed by atoms with van der Waals surface area (Å²) in [5, 5.41) is 12.0. The number of benzene rings is 2. The summed E-state index contributed by atoms with van der Waals surface area (Å²) in [7, 11) is 3.73. The number of nitro groups is 1. The Labute approximate surface area is 142 Å². The van der Waals surface area contributed by atoms with Crippen LogP contribution in [-0.4, -0.2) is 28.9 Å². The predicted molar refractivity (Wildman–Crippen MR) is 91.9 cm³/mol. The molecule has 5 nitrogen and oxygen atoms in total. The summed E-state index contributed by atoms with van der Waals surface area (Å²) in [5.74, 6) is -0.331. The Hall–Kier alpha value is -2.44. The minimum absolute atomic E-state index is 0.0891. The van der Waals surface area contributed by atoms with Crippen molar-refractivity contribution < 1.29 is 9.31 Å². The maximum absolute atomic E-state index is 13.6. The van der Waals surface area contributed by atoms with Gasteiger partial charge in [-0.3, -0.25) is 15.0 Å². The summed E-state index contributed by atoms with van der Waals surface area (Å²) < 4.78 is 13.6. The first-order chi connectivity index (χ1) is 11.4. The van der Waals surface area contributed by atoms with Gasteiger partial charge in [0.05, 0.1) is 11.0 Å². The number of aromatic amines is 1. The molecular formula is C17H15ClFN3O2. The Morgan fingerprint density at radius 2 is 2.00 bits per heavy atom. The summed E-state index contributed by atoms with van der Waals surface area (Å²) in [5.41, 5.74) is 2.21. The van der Waals surface area contributed by atoms with Crippen molar-refractivity contribution in [2.24, 2.45) is 0 Å². The van der Waals surface area contributed by atoms with Gasteiger partial charge in [0.2, 0.25) is 0 Å². The molecule has 1 aromatic heterocycles. The van der Waals surface area contributed by atoms with Crippen LogP contribution in [0.5, 0.6) is 0 Å². The highest BCUT2D eigenvalue weighted by Gasteiger charge is 2.23. The monoisotopic (exact) mass is 347 g/mol. The maximum Gasteiger partial charge on any atom is 0.288 e.